The number of benzene rings is 3. The molecule has 4 heteroatoms. The van der Waals surface area contributed by atoms with E-state index in [4.69, 9.17) is 0 Å². The van der Waals surface area contributed by atoms with Gasteiger partial charge in [0.15, 0.2) is 0 Å². The van der Waals surface area contributed by atoms with Crippen LogP contribution in [0.25, 0.3) is 0 Å². The molecule has 0 aliphatic heterocycles. The first-order valence-electron chi connectivity index (χ1n) is 17.6. The molecule has 4 nitrogen and oxygen atoms in total. The average molecular weight is 651 g/mol. The van der Waals surface area contributed by atoms with Crippen molar-refractivity contribution in [3.8, 4) is 17.2 Å². The Hall–Kier alpha value is -3.50. The summed E-state index contributed by atoms with van der Waals surface area (Å²) in [6.45, 7) is 26.1. The summed E-state index contributed by atoms with van der Waals surface area (Å²) in [6, 6.07) is 12.5. The maximum atomic E-state index is 12.0. The van der Waals surface area contributed by atoms with Crippen molar-refractivity contribution in [1.29, 1.82) is 0 Å². The molecule has 3 aromatic rings. The first-order chi connectivity index (χ1) is 21.9. The van der Waals surface area contributed by atoms with E-state index in [0.717, 1.165) is 61.2 Å². The topological polar surface area (TPSA) is 80.9 Å². The molecule has 0 amide bonds. The number of hydrogen-bond donors (Lipinski definition) is 4. The molecule has 2 aliphatic carbocycles. The smallest absolute Gasteiger partial charge is 0.122 e. The van der Waals surface area contributed by atoms with Gasteiger partial charge in [-0.05, 0) is 95.7 Å². The van der Waals surface area contributed by atoms with Crippen molar-refractivity contribution in [2.75, 3.05) is 0 Å². The molecule has 0 fully saturated rings. The van der Waals surface area contributed by atoms with Crippen LogP contribution >= 0.6 is 0 Å². The van der Waals surface area contributed by atoms with Crippen LogP contribution in [0, 0.1) is 11.3 Å². The second-order valence-corrected chi connectivity index (χ2v) is 18.6. The molecule has 3 aromatic carbocycles. The van der Waals surface area contributed by atoms with Gasteiger partial charge in [-0.15, -0.1) is 0 Å². The molecule has 4 N–H and O–H groups in total. The minimum Gasteiger partial charge on any atom is -0.507 e. The zero-order valence-corrected chi connectivity index (χ0v) is 31.4. The molecule has 0 heterocycles. The van der Waals surface area contributed by atoms with Crippen LogP contribution in [0.4, 0.5) is 0 Å². The highest BCUT2D eigenvalue weighted by atomic mass is 16.3. The summed E-state index contributed by atoms with van der Waals surface area (Å²) >= 11 is 0. The average Bonchev–Trinajstić information content (AvgIpc) is 2.93. The van der Waals surface area contributed by atoms with Crippen molar-refractivity contribution in [3.63, 3.8) is 0 Å². The number of allylic oxidation sites excluding steroid dienone is 2. The van der Waals surface area contributed by atoms with E-state index < -0.39 is 6.10 Å². The molecule has 0 aromatic heterocycles. The highest BCUT2D eigenvalue weighted by Crippen LogP contribution is 2.43. The molecule has 0 radical (unpaired) electrons. The van der Waals surface area contributed by atoms with Gasteiger partial charge in [-0.1, -0.05) is 132 Å². The van der Waals surface area contributed by atoms with Crippen LogP contribution in [0.2, 0.25) is 0 Å². The van der Waals surface area contributed by atoms with Crippen molar-refractivity contribution < 1.29 is 20.4 Å². The molecule has 0 saturated heterocycles. The Balaban J connectivity index is 1.85. The van der Waals surface area contributed by atoms with Gasteiger partial charge in [-0.25, -0.2) is 0 Å². The van der Waals surface area contributed by atoms with Crippen molar-refractivity contribution in [2.24, 2.45) is 11.3 Å². The van der Waals surface area contributed by atoms with Crippen molar-refractivity contribution >= 4 is 0 Å². The van der Waals surface area contributed by atoms with Crippen LogP contribution in [0.15, 0.2) is 59.7 Å². The van der Waals surface area contributed by atoms with Gasteiger partial charge in [0.05, 0.1) is 6.10 Å². The largest absolute Gasteiger partial charge is 0.507 e. The maximum Gasteiger partial charge on any atom is 0.122 e. The quantitative estimate of drug-likeness (QED) is 0.195. The highest BCUT2D eigenvalue weighted by Gasteiger charge is 2.33. The number of aliphatic hydroxyl groups is 1. The van der Waals surface area contributed by atoms with Crippen LogP contribution < -0.4 is 0 Å². The summed E-state index contributed by atoms with van der Waals surface area (Å²) in [4.78, 5) is 0. The van der Waals surface area contributed by atoms with E-state index in [0.29, 0.717) is 25.7 Å². The molecule has 0 saturated carbocycles. The Bertz CT molecular complexity index is 1790. The van der Waals surface area contributed by atoms with Crippen molar-refractivity contribution in [3.05, 3.63) is 110 Å². The first-order valence-corrected chi connectivity index (χ1v) is 17.6. The Kier molecular flexibility index (Phi) is 9.04. The monoisotopic (exact) mass is 650 g/mol. The first kappa shape index (κ1) is 35.8. The fourth-order valence-corrected chi connectivity index (χ4v) is 7.02. The summed E-state index contributed by atoms with van der Waals surface area (Å²) in [7, 11) is 0. The minimum atomic E-state index is -0.780. The van der Waals surface area contributed by atoms with Gasteiger partial charge in [-0.3, -0.25) is 0 Å². The van der Waals surface area contributed by atoms with E-state index in [1.807, 2.05) is 0 Å². The second-order valence-electron chi connectivity index (χ2n) is 18.6. The molecular weight excluding hydrogens is 592 g/mol. The zero-order valence-electron chi connectivity index (χ0n) is 31.4. The van der Waals surface area contributed by atoms with E-state index in [-0.39, 0.29) is 44.8 Å². The van der Waals surface area contributed by atoms with E-state index in [1.54, 1.807) is 0 Å². The van der Waals surface area contributed by atoms with Gasteiger partial charge in [0, 0.05) is 18.8 Å². The molecule has 8 bridgehead atoms. The lowest BCUT2D eigenvalue weighted by molar-refractivity contribution is 0.157. The van der Waals surface area contributed by atoms with E-state index >= 15 is 0 Å². The summed E-state index contributed by atoms with van der Waals surface area (Å²) < 4.78 is 0. The van der Waals surface area contributed by atoms with Crippen LogP contribution in [0.1, 0.15) is 133 Å². The third kappa shape index (κ3) is 7.25. The number of rotatable bonds is 0. The van der Waals surface area contributed by atoms with Gasteiger partial charge < -0.3 is 20.4 Å². The predicted octanol–water partition coefficient (Wildman–Crippen LogP) is 9.87. The Morgan fingerprint density at radius 1 is 0.479 bits per heavy atom. The number of hydrogen-bond acceptors (Lipinski definition) is 4. The normalized spacial score (nSPS) is 19.1. The van der Waals surface area contributed by atoms with Gasteiger partial charge in [0.25, 0.3) is 0 Å². The van der Waals surface area contributed by atoms with E-state index in [2.05, 4.69) is 132 Å². The van der Waals surface area contributed by atoms with Crippen molar-refractivity contribution in [2.45, 2.75) is 131 Å². The Morgan fingerprint density at radius 2 is 0.812 bits per heavy atom. The third-order valence-electron chi connectivity index (χ3n) is 10.4. The van der Waals surface area contributed by atoms with E-state index in [1.165, 1.54) is 0 Å². The highest BCUT2D eigenvalue weighted by molar-refractivity contribution is 5.56. The summed E-state index contributed by atoms with van der Waals surface area (Å²) in [5, 5.41) is 47.8. The Morgan fingerprint density at radius 3 is 1.17 bits per heavy atom. The Labute approximate surface area is 289 Å². The summed E-state index contributed by atoms with van der Waals surface area (Å²) in [5.41, 5.74) is 9.19. The summed E-state index contributed by atoms with van der Waals surface area (Å²) in [6.07, 6.45) is 5.08. The summed E-state index contributed by atoms with van der Waals surface area (Å²) in [5.74, 6) is 0.375. The lowest BCUT2D eigenvalue weighted by Gasteiger charge is -2.34. The standard InChI is InChI=1S/C44H58O4/c1-41(2,3)33-17-25-13-27-19-34(42(4,5)6)21-29(38(27)46)15-31-23-36(44(10,11)12)24-32(40(31)48)16-30-22-35(43(7,8)9)20-28(39(30)47)14-26(18-33)37(25)45/h17-25,37,45-48H,13-16H2,1-12H3. The molecule has 2 unspecified atom stereocenters. The van der Waals surface area contributed by atoms with E-state index in [9.17, 15) is 20.4 Å². The molecular formula is C44H58O4. The number of phenols is 3. The number of phenolic OH excluding ortho intramolecular Hbond substituents is 3. The zero-order chi connectivity index (χ0) is 35.7. The van der Waals surface area contributed by atoms with Gasteiger partial charge in [0.1, 0.15) is 17.2 Å². The van der Waals surface area contributed by atoms with Crippen LogP contribution in [-0.4, -0.2) is 26.5 Å². The predicted molar refractivity (Wildman–Crippen MR) is 199 cm³/mol. The third-order valence-corrected chi connectivity index (χ3v) is 10.4. The van der Waals surface area contributed by atoms with Crippen LogP contribution in [0.5, 0.6) is 17.2 Å². The molecule has 48 heavy (non-hydrogen) atoms. The van der Waals surface area contributed by atoms with Crippen LogP contribution in [0.3, 0.4) is 0 Å². The fraction of sp³-hybridized carbons (Fsp3) is 0.500. The van der Waals surface area contributed by atoms with Gasteiger partial charge in [-0.2, -0.15) is 0 Å². The number of fused-ring (bicyclic) bond motifs is 8. The number of aromatic hydroxyl groups is 3. The van der Waals surface area contributed by atoms with Crippen LogP contribution in [-0.2, 0) is 41.9 Å². The maximum absolute atomic E-state index is 12.0. The van der Waals surface area contributed by atoms with Crippen molar-refractivity contribution in [1.82, 2.24) is 0 Å². The minimum absolute atomic E-state index is 0.156. The SMILES string of the molecule is CC(C)(C)C1=CC2Cc3cc(C(C)(C)C)cc(c3O)Cc3cc(C(C)(C)C)cc(c3O)Cc3cc(C(C)(C)C)cc(c3O)CC(=C1)C2O. The molecule has 0 spiro atoms. The molecule has 2 aliphatic rings. The second kappa shape index (κ2) is 12.1. The van der Waals surface area contributed by atoms with Gasteiger partial charge in [0.2, 0.25) is 0 Å². The lowest BCUT2D eigenvalue weighted by Crippen LogP contribution is -2.30. The molecule has 2 atom stereocenters. The van der Waals surface area contributed by atoms with Gasteiger partial charge >= 0.3 is 0 Å². The number of aliphatic hydroxyl groups excluding tert-OH is 1. The molecule has 5 rings (SSSR count). The fourth-order valence-electron chi connectivity index (χ4n) is 7.02. The lowest BCUT2D eigenvalue weighted by atomic mass is 9.73. The molecule has 258 valence electrons.